The highest BCUT2D eigenvalue weighted by molar-refractivity contribution is 6.09. The molecule has 2 heterocycles. The summed E-state index contributed by atoms with van der Waals surface area (Å²) in [7, 11) is 1.66. The van der Waals surface area contributed by atoms with Crippen molar-refractivity contribution < 1.29 is 4.74 Å². The van der Waals surface area contributed by atoms with Crippen molar-refractivity contribution in [2.45, 2.75) is 13.5 Å². The fourth-order valence-corrected chi connectivity index (χ4v) is 4.77. The van der Waals surface area contributed by atoms with Gasteiger partial charge in [0.1, 0.15) is 11.4 Å². The predicted octanol–water partition coefficient (Wildman–Crippen LogP) is 7.43. The van der Waals surface area contributed by atoms with Crippen LogP contribution in [0.2, 0.25) is 0 Å². The maximum atomic E-state index is 5.27. The number of fused-ring (bicyclic) bond motifs is 3. The summed E-state index contributed by atoms with van der Waals surface area (Å²) in [6.07, 6.45) is 3.93. The van der Waals surface area contributed by atoms with E-state index in [1.54, 1.807) is 7.11 Å². The Labute approximate surface area is 209 Å². The third-order valence-corrected chi connectivity index (χ3v) is 6.55. The number of para-hydroxylation sites is 2. The van der Waals surface area contributed by atoms with Crippen molar-refractivity contribution in [1.29, 1.82) is 0 Å². The summed E-state index contributed by atoms with van der Waals surface area (Å²) in [6.45, 7) is 3.11. The van der Waals surface area contributed by atoms with Gasteiger partial charge >= 0.3 is 0 Å². The second-order valence-electron chi connectivity index (χ2n) is 8.66. The van der Waals surface area contributed by atoms with Gasteiger partial charge in [-0.3, -0.25) is 4.99 Å². The number of aliphatic imine (C=N–C) groups is 1. The van der Waals surface area contributed by atoms with E-state index < -0.39 is 0 Å². The zero-order chi connectivity index (χ0) is 24.5. The smallest absolute Gasteiger partial charge is 0.119 e. The second-order valence-corrected chi connectivity index (χ2v) is 8.66. The van der Waals surface area contributed by atoms with Crippen molar-refractivity contribution in [3.63, 3.8) is 0 Å². The molecule has 5 nitrogen and oxygen atoms in total. The SMILES string of the molecule is CCn1c2ccccc2c2cc(-c3nn(-c4ccccc4)cc3C=Nc3ccc(OC)cc3)ccc21. The van der Waals surface area contributed by atoms with Crippen molar-refractivity contribution in [3.05, 3.63) is 109 Å². The van der Waals surface area contributed by atoms with Gasteiger partial charge in [-0.2, -0.15) is 5.10 Å². The molecule has 0 atom stereocenters. The lowest BCUT2D eigenvalue weighted by molar-refractivity contribution is 0.415. The Kier molecular flexibility index (Phi) is 5.58. The van der Waals surface area contributed by atoms with Gasteiger partial charge in [-0.25, -0.2) is 4.68 Å². The van der Waals surface area contributed by atoms with Crippen LogP contribution in [0.4, 0.5) is 5.69 Å². The Hall–Kier alpha value is -4.64. The lowest BCUT2D eigenvalue weighted by Crippen LogP contribution is -1.94. The van der Waals surface area contributed by atoms with Crippen LogP contribution in [-0.2, 0) is 6.54 Å². The van der Waals surface area contributed by atoms with E-state index in [0.29, 0.717) is 0 Å². The molecule has 6 rings (SSSR count). The quantitative estimate of drug-likeness (QED) is 0.238. The highest BCUT2D eigenvalue weighted by Crippen LogP contribution is 2.33. The Bertz CT molecular complexity index is 1690. The molecular formula is C31H26N4O. The third-order valence-electron chi connectivity index (χ3n) is 6.55. The van der Waals surface area contributed by atoms with Crippen LogP contribution in [0, 0.1) is 0 Å². The minimum Gasteiger partial charge on any atom is -0.497 e. The number of aromatic nitrogens is 3. The van der Waals surface area contributed by atoms with Crippen molar-refractivity contribution in [2.75, 3.05) is 7.11 Å². The first kappa shape index (κ1) is 21.9. The van der Waals surface area contributed by atoms with Gasteiger partial charge in [-0.1, -0.05) is 42.5 Å². The van der Waals surface area contributed by atoms with Gasteiger partial charge < -0.3 is 9.30 Å². The molecule has 176 valence electrons. The molecular weight excluding hydrogens is 444 g/mol. The molecule has 0 aliphatic heterocycles. The molecule has 0 bridgehead atoms. The summed E-state index contributed by atoms with van der Waals surface area (Å²) < 4.78 is 9.55. The first-order valence-electron chi connectivity index (χ1n) is 12.1. The van der Waals surface area contributed by atoms with E-state index in [-0.39, 0.29) is 0 Å². The maximum Gasteiger partial charge on any atom is 0.119 e. The molecule has 0 N–H and O–H groups in total. The normalized spacial score (nSPS) is 11.6. The molecule has 6 aromatic rings. The molecule has 5 heteroatoms. The summed E-state index contributed by atoms with van der Waals surface area (Å²) in [6, 6.07) is 33.1. The van der Waals surface area contributed by atoms with E-state index in [1.807, 2.05) is 59.6 Å². The molecule has 0 aliphatic carbocycles. The fourth-order valence-electron chi connectivity index (χ4n) is 4.77. The average molecular weight is 471 g/mol. The molecule has 4 aromatic carbocycles. The van der Waals surface area contributed by atoms with E-state index >= 15 is 0 Å². The maximum absolute atomic E-state index is 5.27. The van der Waals surface area contributed by atoms with Crippen LogP contribution in [0.3, 0.4) is 0 Å². The predicted molar refractivity (Wildman–Crippen MR) is 148 cm³/mol. The summed E-state index contributed by atoms with van der Waals surface area (Å²) in [4.78, 5) is 4.74. The number of rotatable bonds is 6. The molecule has 0 saturated carbocycles. The molecule has 36 heavy (non-hydrogen) atoms. The van der Waals surface area contributed by atoms with Crippen LogP contribution < -0.4 is 4.74 Å². The van der Waals surface area contributed by atoms with Gasteiger partial charge in [-0.05, 0) is 61.5 Å². The molecule has 0 saturated heterocycles. The Morgan fingerprint density at radius 1 is 0.833 bits per heavy atom. The molecule has 0 aliphatic rings. The zero-order valence-electron chi connectivity index (χ0n) is 20.3. The number of methoxy groups -OCH3 is 1. The number of ether oxygens (including phenoxy) is 1. The van der Waals surface area contributed by atoms with Gasteiger partial charge in [0, 0.05) is 51.9 Å². The van der Waals surface area contributed by atoms with Crippen molar-refractivity contribution in [3.8, 4) is 22.7 Å². The molecule has 0 fully saturated rings. The minimum atomic E-state index is 0.811. The standard InChI is InChI=1S/C31H26N4O/c1-3-34-29-12-8-7-11-27(29)28-19-22(13-18-30(28)34)31-23(20-32-24-14-16-26(36-2)17-15-24)21-35(33-31)25-9-5-4-6-10-25/h4-21H,3H2,1-2H3. The summed E-state index contributed by atoms with van der Waals surface area (Å²) in [5, 5.41) is 7.49. The first-order valence-corrected chi connectivity index (χ1v) is 12.1. The Morgan fingerprint density at radius 2 is 1.58 bits per heavy atom. The highest BCUT2D eigenvalue weighted by atomic mass is 16.5. The minimum absolute atomic E-state index is 0.811. The molecule has 2 aromatic heterocycles. The summed E-state index contributed by atoms with van der Waals surface area (Å²) in [5.41, 5.74) is 7.26. The van der Waals surface area contributed by atoms with Crippen LogP contribution >= 0.6 is 0 Å². The number of aryl methyl sites for hydroxylation is 1. The van der Waals surface area contributed by atoms with Gasteiger partial charge in [-0.15, -0.1) is 0 Å². The van der Waals surface area contributed by atoms with Crippen LogP contribution in [0.1, 0.15) is 12.5 Å². The lowest BCUT2D eigenvalue weighted by Gasteiger charge is -2.04. The average Bonchev–Trinajstić information content (AvgIpc) is 3.51. The van der Waals surface area contributed by atoms with Crippen molar-refractivity contribution >= 4 is 33.7 Å². The topological polar surface area (TPSA) is 44.3 Å². The van der Waals surface area contributed by atoms with E-state index in [2.05, 4.69) is 66.1 Å². The van der Waals surface area contributed by atoms with E-state index in [1.165, 1.54) is 21.8 Å². The van der Waals surface area contributed by atoms with Crippen LogP contribution in [0.5, 0.6) is 5.75 Å². The molecule has 0 unspecified atom stereocenters. The molecule has 0 radical (unpaired) electrons. The molecule has 0 amide bonds. The van der Waals surface area contributed by atoms with E-state index in [9.17, 15) is 0 Å². The number of nitrogens with zero attached hydrogens (tertiary/aromatic N) is 4. The third kappa shape index (κ3) is 3.85. The van der Waals surface area contributed by atoms with Gasteiger partial charge in [0.2, 0.25) is 0 Å². The zero-order valence-corrected chi connectivity index (χ0v) is 20.3. The van der Waals surface area contributed by atoms with Crippen LogP contribution in [0.25, 0.3) is 38.8 Å². The van der Waals surface area contributed by atoms with Crippen molar-refractivity contribution in [2.24, 2.45) is 4.99 Å². The monoisotopic (exact) mass is 470 g/mol. The van der Waals surface area contributed by atoms with Crippen LogP contribution in [0.15, 0.2) is 108 Å². The van der Waals surface area contributed by atoms with Crippen LogP contribution in [-0.4, -0.2) is 27.7 Å². The Morgan fingerprint density at radius 3 is 2.36 bits per heavy atom. The second kappa shape index (κ2) is 9.19. The van der Waals surface area contributed by atoms with Gasteiger partial charge in [0.15, 0.2) is 0 Å². The van der Waals surface area contributed by atoms with E-state index in [4.69, 9.17) is 14.8 Å². The number of hydrogen-bond donors (Lipinski definition) is 0. The lowest BCUT2D eigenvalue weighted by atomic mass is 10.0. The fraction of sp³-hybridized carbons (Fsp3) is 0.0968. The highest BCUT2D eigenvalue weighted by Gasteiger charge is 2.15. The first-order chi connectivity index (χ1) is 17.7. The molecule has 0 spiro atoms. The number of benzene rings is 4. The summed E-state index contributed by atoms with van der Waals surface area (Å²) in [5.74, 6) is 0.811. The Balaban J connectivity index is 1.50. The van der Waals surface area contributed by atoms with Gasteiger partial charge in [0.25, 0.3) is 0 Å². The van der Waals surface area contributed by atoms with E-state index in [0.717, 1.165) is 40.5 Å². The van der Waals surface area contributed by atoms with Crippen molar-refractivity contribution in [1.82, 2.24) is 14.3 Å². The number of hydrogen-bond acceptors (Lipinski definition) is 3. The van der Waals surface area contributed by atoms with Gasteiger partial charge in [0.05, 0.1) is 18.5 Å². The largest absolute Gasteiger partial charge is 0.497 e. The summed E-state index contributed by atoms with van der Waals surface area (Å²) >= 11 is 0.